The molecule has 30 heavy (non-hydrogen) atoms. The maximum atomic E-state index is 6.18. The topological polar surface area (TPSA) is 27.7 Å². The molecule has 12 heteroatoms. The van der Waals surface area contributed by atoms with Crippen LogP contribution in [0.15, 0.2) is 24.3 Å². The van der Waals surface area contributed by atoms with Crippen LogP contribution in [0.1, 0.15) is 39.2 Å². The number of hydrogen-bond donors (Lipinski definition) is 0. The van der Waals surface area contributed by atoms with Gasteiger partial charge in [0.15, 0.2) is 7.59 Å². The molecule has 0 amide bonds. The maximum Gasteiger partial charge on any atom is 0.397 e. The summed E-state index contributed by atoms with van der Waals surface area (Å²) in [5.41, 5.74) is 1.18. The zero-order valence-corrected chi connectivity index (χ0v) is 23.4. The lowest BCUT2D eigenvalue weighted by molar-refractivity contribution is 0.202. The average molecular weight is 602 g/mol. The molecule has 2 unspecified atom stereocenters. The number of halogens is 8. The van der Waals surface area contributed by atoms with Crippen LogP contribution >= 0.6 is 101 Å². The summed E-state index contributed by atoms with van der Waals surface area (Å²) in [5.74, 6) is 0.564. The highest BCUT2D eigenvalue weighted by Gasteiger charge is 2.28. The van der Waals surface area contributed by atoms with Gasteiger partial charge in [0.25, 0.3) is 0 Å². The summed E-state index contributed by atoms with van der Waals surface area (Å²) in [7, 11) is -1.85. The van der Waals surface area contributed by atoms with Crippen molar-refractivity contribution in [1.82, 2.24) is 0 Å². The Balaban J connectivity index is 2.76. The molecule has 0 saturated heterocycles. The molecule has 0 spiro atoms. The molecule has 0 aliphatic rings. The van der Waals surface area contributed by atoms with Crippen molar-refractivity contribution in [3.63, 3.8) is 0 Å². The lowest BCUT2D eigenvalue weighted by Crippen LogP contribution is -2.19. The van der Waals surface area contributed by atoms with Crippen molar-refractivity contribution >= 4 is 101 Å². The lowest BCUT2D eigenvalue weighted by atomic mass is 9.87. The Kier molecular flexibility index (Phi) is 12.8. The first kappa shape index (κ1) is 29.7. The molecule has 2 atom stereocenters. The van der Waals surface area contributed by atoms with Crippen molar-refractivity contribution < 1.29 is 13.6 Å². The van der Waals surface area contributed by atoms with E-state index in [9.17, 15) is 0 Å². The van der Waals surface area contributed by atoms with E-state index < -0.39 is 26.9 Å². The van der Waals surface area contributed by atoms with Crippen molar-refractivity contribution in [2.75, 3.05) is 13.2 Å². The van der Waals surface area contributed by atoms with Gasteiger partial charge in [0, 0.05) is 12.8 Å². The van der Waals surface area contributed by atoms with Gasteiger partial charge in [0.1, 0.15) is 5.75 Å². The Morgan fingerprint density at radius 1 is 0.767 bits per heavy atom. The lowest BCUT2D eigenvalue weighted by Gasteiger charge is -2.23. The van der Waals surface area contributed by atoms with Crippen molar-refractivity contribution in [2.45, 2.75) is 57.4 Å². The van der Waals surface area contributed by atoms with Crippen molar-refractivity contribution in [2.24, 2.45) is 0 Å². The van der Waals surface area contributed by atoms with Gasteiger partial charge in [0.2, 0.25) is 0 Å². The van der Waals surface area contributed by atoms with Gasteiger partial charge in [0.05, 0.1) is 24.0 Å². The fraction of sp³-hybridized carbons (Fsp3) is 0.667. The predicted molar refractivity (Wildman–Crippen MR) is 134 cm³/mol. The minimum absolute atomic E-state index is 0.0162. The largest absolute Gasteiger partial charge is 0.427 e. The normalized spacial score (nSPS) is 16.2. The maximum absolute atomic E-state index is 6.18. The third kappa shape index (κ3) is 14.1. The van der Waals surface area contributed by atoms with Gasteiger partial charge in [-0.1, -0.05) is 103 Å². The summed E-state index contributed by atoms with van der Waals surface area (Å²) in [5, 5.41) is -1.13. The fourth-order valence-electron chi connectivity index (χ4n) is 2.10. The van der Waals surface area contributed by atoms with Gasteiger partial charge in [-0.2, -0.15) is 0 Å². The van der Waals surface area contributed by atoms with E-state index in [4.69, 9.17) is 106 Å². The summed E-state index contributed by atoms with van der Waals surface area (Å²) in [4.78, 5) is 0. The van der Waals surface area contributed by atoms with Crippen molar-refractivity contribution in [1.29, 1.82) is 0 Å². The summed E-state index contributed by atoms with van der Waals surface area (Å²) in [6, 6.07) is 7.62. The third-order valence-electron chi connectivity index (χ3n) is 3.53. The van der Waals surface area contributed by atoms with E-state index in [1.807, 2.05) is 24.3 Å². The zero-order valence-electron chi connectivity index (χ0n) is 16.5. The second kappa shape index (κ2) is 13.0. The quantitative estimate of drug-likeness (QED) is 0.198. The summed E-state index contributed by atoms with van der Waals surface area (Å²) >= 11 is 47.0. The van der Waals surface area contributed by atoms with E-state index in [-0.39, 0.29) is 31.5 Å². The van der Waals surface area contributed by atoms with Crippen LogP contribution in [0.4, 0.5) is 0 Å². The molecule has 0 N–H and O–H groups in total. The first-order valence-corrected chi connectivity index (χ1v) is 13.0. The van der Waals surface area contributed by atoms with Gasteiger partial charge >= 0.3 is 8.60 Å². The molecule has 0 fully saturated rings. The van der Waals surface area contributed by atoms with E-state index in [0.717, 1.165) is 5.56 Å². The first-order valence-electron chi connectivity index (χ1n) is 8.81. The molecule has 0 aliphatic heterocycles. The Morgan fingerprint density at radius 2 is 1.17 bits per heavy atom. The van der Waals surface area contributed by atoms with E-state index in [0.29, 0.717) is 5.75 Å². The Bertz CT molecular complexity index is 602. The van der Waals surface area contributed by atoms with E-state index in [2.05, 4.69) is 20.8 Å². The molecule has 1 aromatic rings. The van der Waals surface area contributed by atoms with Crippen LogP contribution in [0.5, 0.6) is 5.75 Å². The number of hydrogen-bond acceptors (Lipinski definition) is 3. The highest BCUT2D eigenvalue weighted by Crippen LogP contribution is 2.43. The SMILES string of the molecule is CC(C)(C)c1ccc(OP(OCC(Cl)CC(Cl)(Cl)Cl)OCC(Cl)CC(Cl)(Cl)Cl)cc1. The first-order chi connectivity index (χ1) is 13.5. The molecule has 0 saturated carbocycles. The van der Waals surface area contributed by atoms with Crippen LogP contribution in [-0.2, 0) is 14.5 Å². The number of rotatable bonds is 10. The monoisotopic (exact) mass is 598 g/mol. The minimum atomic E-state index is -1.85. The summed E-state index contributed by atoms with van der Waals surface area (Å²) in [6.45, 7) is 6.45. The Labute approximate surface area is 219 Å². The molecule has 3 nitrogen and oxygen atoms in total. The Hall–Kier alpha value is 1.69. The van der Waals surface area contributed by atoms with Crippen LogP contribution in [0, 0.1) is 0 Å². The summed E-state index contributed by atoms with van der Waals surface area (Å²) < 4.78 is 14.2. The molecule has 1 rings (SSSR count). The van der Waals surface area contributed by atoms with Gasteiger partial charge in [-0.05, 0) is 23.1 Å². The summed E-state index contributed by atoms with van der Waals surface area (Å²) in [6.07, 6.45) is 0.183. The second-order valence-corrected chi connectivity index (χ2v) is 14.9. The molecule has 0 radical (unpaired) electrons. The van der Waals surface area contributed by atoms with Crippen LogP contribution in [0.3, 0.4) is 0 Å². The molecule has 174 valence electrons. The van der Waals surface area contributed by atoms with Gasteiger partial charge in [-0.3, -0.25) is 0 Å². The van der Waals surface area contributed by atoms with Crippen LogP contribution in [0.2, 0.25) is 0 Å². The molecule has 0 aromatic heterocycles. The van der Waals surface area contributed by atoms with Gasteiger partial charge in [-0.25, -0.2) is 0 Å². The zero-order chi connectivity index (χ0) is 23.2. The highest BCUT2D eigenvalue weighted by molar-refractivity contribution is 7.42. The highest BCUT2D eigenvalue weighted by atomic mass is 35.6. The molecule has 0 heterocycles. The van der Waals surface area contributed by atoms with E-state index in [1.54, 1.807) is 0 Å². The smallest absolute Gasteiger partial charge is 0.397 e. The predicted octanol–water partition coefficient (Wildman–Crippen LogP) is 9.36. The van der Waals surface area contributed by atoms with Crippen molar-refractivity contribution in [3.05, 3.63) is 29.8 Å². The molecular formula is C18H23Cl8O3P. The van der Waals surface area contributed by atoms with Crippen LogP contribution < -0.4 is 4.52 Å². The molecule has 1 aromatic carbocycles. The van der Waals surface area contributed by atoms with Crippen molar-refractivity contribution in [3.8, 4) is 5.75 Å². The molecule has 0 bridgehead atoms. The molecule has 0 aliphatic carbocycles. The Morgan fingerprint density at radius 3 is 1.50 bits per heavy atom. The minimum Gasteiger partial charge on any atom is -0.427 e. The van der Waals surface area contributed by atoms with Crippen LogP contribution in [-0.4, -0.2) is 31.6 Å². The molecular weight excluding hydrogens is 579 g/mol. The second-order valence-electron chi connectivity index (χ2n) is 7.51. The third-order valence-corrected chi connectivity index (χ3v) is 6.09. The van der Waals surface area contributed by atoms with Crippen LogP contribution in [0.25, 0.3) is 0 Å². The standard InChI is InChI=1S/C18H23Cl8O3P/c1-16(2,3)12-4-6-15(7-5-12)29-30(27-10-13(19)8-17(21,22)23)28-11-14(20)9-18(24,25)26/h4-7,13-14H,8-11H2,1-3H3. The number of benzene rings is 1. The van der Waals surface area contributed by atoms with Gasteiger partial charge < -0.3 is 13.6 Å². The van der Waals surface area contributed by atoms with E-state index in [1.165, 1.54) is 0 Å². The average Bonchev–Trinajstić information content (AvgIpc) is 2.54. The fourth-order valence-corrected chi connectivity index (χ4v) is 5.53. The number of alkyl halides is 8. The van der Waals surface area contributed by atoms with Gasteiger partial charge in [-0.15, -0.1) is 23.2 Å². The van der Waals surface area contributed by atoms with E-state index >= 15 is 0 Å².